The third-order valence-electron chi connectivity index (χ3n) is 4.11. The van der Waals surface area contributed by atoms with Gasteiger partial charge in [0.05, 0.1) is 4.92 Å². The lowest BCUT2D eigenvalue weighted by Gasteiger charge is -2.15. The first-order valence-corrected chi connectivity index (χ1v) is 7.96. The highest BCUT2D eigenvalue weighted by Gasteiger charge is 2.21. The summed E-state index contributed by atoms with van der Waals surface area (Å²) in [5.41, 5.74) is 2.09. The molecule has 2 aromatic rings. The van der Waals surface area contributed by atoms with Gasteiger partial charge in [-0.2, -0.15) is 0 Å². The molecule has 1 N–H and O–H groups in total. The Balaban J connectivity index is 1.59. The number of rotatable bonds is 5. The van der Waals surface area contributed by atoms with E-state index in [-0.39, 0.29) is 24.0 Å². The van der Waals surface area contributed by atoms with E-state index in [0.717, 1.165) is 17.7 Å². The molecular weight excluding hydrogens is 322 g/mol. The maximum Gasteiger partial charge on any atom is 0.269 e. The van der Waals surface area contributed by atoms with Gasteiger partial charge in [0, 0.05) is 42.9 Å². The number of hydrogen-bond donors (Lipinski definition) is 1. The van der Waals surface area contributed by atoms with Crippen molar-refractivity contribution in [3.8, 4) is 0 Å². The molecule has 128 valence electrons. The zero-order valence-corrected chi connectivity index (χ0v) is 13.5. The molecule has 0 aliphatic carbocycles. The Morgan fingerprint density at radius 1 is 1.12 bits per heavy atom. The predicted octanol–water partition coefficient (Wildman–Crippen LogP) is 2.65. The first-order chi connectivity index (χ1) is 12.0. The van der Waals surface area contributed by atoms with Gasteiger partial charge in [-0.15, -0.1) is 0 Å². The zero-order chi connectivity index (χ0) is 17.8. The van der Waals surface area contributed by atoms with Crippen molar-refractivity contribution < 1.29 is 14.5 Å². The van der Waals surface area contributed by atoms with Crippen molar-refractivity contribution in [3.05, 3.63) is 69.8 Å². The van der Waals surface area contributed by atoms with Crippen LogP contribution in [0.2, 0.25) is 0 Å². The molecule has 0 atom stereocenters. The van der Waals surface area contributed by atoms with Crippen molar-refractivity contribution in [2.24, 2.45) is 0 Å². The van der Waals surface area contributed by atoms with Crippen LogP contribution in [0.3, 0.4) is 0 Å². The molecule has 0 aromatic heterocycles. The molecule has 3 rings (SSSR count). The molecule has 2 aromatic carbocycles. The number of nitro benzene ring substituents is 1. The van der Waals surface area contributed by atoms with Crippen LogP contribution in [0.15, 0.2) is 48.5 Å². The van der Waals surface area contributed by atoms with Gasteiger partial charge in [-0.1, -0.05) is 12.1 Å². The summed E-state index contributed by atoms with van der Waals surface area (Å²) in [4.78, 5) is 35.8. The highest BCUT2D eigenvalue weighted by Crippen LogP contribution is 2.21. The standard InChI is InChI=1S/C18H17N3O4/c22-17-2-1-11-20(17)15-9-5-14(6-10-15)18(23)19-12-13-3-7-16(8-4-13)21(24)25/h3-10H,1-2,11-12H2,(H,19,23). The van der Waals surface area contributed by atoms with Crippen molar-refractivity contribution >= 4 is 23.2 Å². The second-order valence-electron chi connectivity index (χ2n) is 5.80. The molecule has 1 saturated heterocycles. The minimum Gasteiger partial charge on any atom is -0.348 e. The van der Waals surface area contributed by atoms with Gasteiger partial charge in [0.15, 0.2) is 0 Å². The summed E-state index contributed by atoms with van der Waals surface area (Å²) in [5, 5.41) is 13.4. The Labute approximate surface area is 144 Å². The molecule has 25 heavy (non-hydrogen) atoms. The summed E-state index contributed by atoms with van der Waals surface area (Å²) < 4.78 is 0. The van der Waals surface area contributed by atoms with Crippen molar-refractivity contribution in [3.63, 3.8) is 0 Å². The van der Waals surface area contributed by atoms with E-state index in [1.165, 1.54) is 12.1 Å². The Kier molecular flexibility index (Phi) is 4.74. The molecular formula is C18H17N3O4. The molecule has 1 aliphatic heterocycles. The molecule has 0 unspecified atom stereocenters. The molecule has 0 radical (unpaired) electrons. The fourth-order valence-corrected chi connectivity index (χ4v) is 2.73. The number of benzene rings is 2. The summed E-state index contributed by atoms with van der Waals surface area (Å²) >= 11 is 0. The Bertz CT molecular complexity index is 800. The average molecular weight is 339 g/mol. The van der Waals surface area contributed by atoms with Crippen LogP contribution in [-0.4, -0.2) is 23.3 Å². The predicted molar refractivity (Wildman–Crippen MR) is 92.3 cm³/mol. The Hall–Kier alpha value is -3.22. The molecule has 1 aliphatic rings. The molecule has 0 spiro atoms. The van der Waals surface area contributed by atoms with Gasteiger partial charge in [0.2, 0.25) is 5.91 Å². The summed E-state index contributed by atoms with van der Waals surface area (Å²) in [6, 6.07) is 12.9. The third-order valence-corrected chi connectivity index (χ3v) is 4.11. The molecule has 0 saturated carbocycles. The lowest BCUT2D eigenvalue weighted by atomic mass is 10.1. The van der Waals surface area contributed by atoms with E-state index in [1.54, 1.807) is 41.3 Å². The van der Waals surface area contributed by atoms with Crippen LogP contribution >= 0.6 is 0 Å². The molecule has 1 heterocycles. The van der Waals surface area contributed by atoms with Gasteiger partial charge in [-0.3, -0.25) is 19.7 Å². The number of hydrogen-bond acceptors (Lipinski definition) is 4. The topological polar surface area (TPSA) is 92.5 Å². The van der Waals surface area contributed by atoms with Crippen molar-refractivity contribution in [2.75, 3.05) is 11.4 Å². The summed E-state index contributed by atoms with van der Waals surface area (Å²) in [7, 11) is 0. The van der Waals surface area contributed by atoms with Crippen LogP contribution < -0.4 is 10.2 Å². The van der Waals surface area contributed by atoms with Gasteiger partial charge in [-0.25, -0.2) is 0 Å². The van der Waals surface area contributed by atoms with E-state index in [1.807, 2.05) is 0 Å². The molecule has 1 fully saturated rings. The maximum absolute atomic E-state index is 12.2. The summed E-state index contributed by atoms with van der Waals surface area (Å²) in [6.45, 7) is 0.994. The van der Waals surface area contributed by atoms with E-state index < -0.39 is 4.92 Å². The van der Waals surface area contributed by atoms with Gasteiger partial charge in [0.25, 0.3) is 11.6 Å². The van der Waals surface area contributed by atoms with Crippen LogP contribution in [0.1, 0.15) is 28.8 Å². The van der Waals surface area contributed by atoms with Gasteiger partial charge in [-0.05, 0) is 36.2 Å². The van der Waals surface area contributed by atoms with E-state index >= 15 is 0 Å². The Morgan fingerprint density at radius 3 is 2.36 bits per heavy atom. The van der Waals surface area contributed by atoms with Gasteiger partial charge < -0.3 is 10.2 Å². The number of non-ortho nitro benzene ring substituents is 1. The van der Waals surface area contributed by atoms with Crippen LogP contribution in [-0.2, 0) is 11.3 Å². The SMILES string of the molecule is O=C(NCc1ccc([N+](=O)[O-])cc1)c1ccc(N2CCCC2=O)cc1. The van der Waals surface area contributed by atoms with E-state index in [0.29, 0.717) is 18.5 Å². The number of anilines is 1. The third kappa shape index (κ3) is 3.82. The number of carbonyl (C=O) groups is 2. The molecule has 7 nitrogen and oxygen atoms in total. The van der Waals surface area contributed by atoms with E-state index in [9.17, 15) is 19.7 Å². The van der Waals surface area contributed by atoms with Gasteiger partial charge in [0.1, 0.15) is 0 Å². The van der Waals surface area contributed by atoms with Crippen LogP contribution in [0.5, 0.6) is 0 Å². The van der Waals surface area contributed by atoms with E-state index in [2.05, 4.69) is 5.32 Å². The lowest BCUT2D eigenvalue weighted by molar-refractivity contribution is -0.384. The number of nitrogens with one attached hydrogen (secondary N) is 1. The first kappa shape index (κ1) is 16.6. The van der Waals surface area contributed by atoms with Crippen molar-refractivity contribution in [2.45, 2.75) is 19.4 Å². The summed E-state index contributed by atoms with van der Waals surface area (Å²) in [5.74, 6) is -0.131. The lowest BCUT2D eigenvalue weighted by Crippen LogP contribution is -2.24. The fraction of sp³-hybridized carbons (Fsp3) is 0.222. The molecule has 7 heteroatoms. The normalized spacial score (nSPS) is 13.8. The largest absolute Gasteiger partial charge is 0.348 e. The van der Waals surface area contributed by atoms with Gasteiger partial charge >= 0.3 is 0 Å². The highest BCUT2D eigenvalue weighted by molar-refractivity contribution is 5.97. The maximum atomic E-state index is 12.2. The number of carbonyl (C=O) groups excluding carboxylic acids is 2. The van der Waals surface area contributed by atoms with Crippen molar-refractivity contribution in [1.82, 2.24) is 5.32 Å². The number of amides is 2. The van der Waals surface area contributed by atoms with Crippen molar-refractivity contribution in [1.29, 1.82) is 0 Å². The smallest absolute Gasteiger partial charge is 0.269 e. The first-order valence-electron chi connectivity index (χ1n) is 7.96. The number of nitro groups is 1. The number of nitrogens with zero attached hydrogens (tertiary/aromatic N) is 2. The minimum absolute atomic E-state index is 0.0159. The monoisotopic (exact) mass is 339 g/mol. The fourth-order valence-electron chi connectivity index (χ4n) is 2.73. The Morgan fingerprint density at radius 2 is 1.80 bits per heavy atom. The van der Waals surface area contributed by atoms with Crippen LogP contribution in [0.4, 0.5) is 11.4 Å². The average Bonchev–Trinajstić information content (AvgIpc) is 3.06. The quantitative estimate of drug-likeness (QED) is 0.669. The van der Waals surface area contributed by atoms with Crippen LogP contribution in [0.25, 0.3) is 0 Å². The van der Waals surface area contributed by atoms with Crippen LogP contribution in [0, 0.1) is 10.1 Å². The summed E-state index contributed by atoms with van der Waals surface area (Å²) in [6.07, 6.45) is 1.42. The van der Waals surface area contributed by atoms with E-state index in [4.69, 9.17) is 0 Å². The second kappa shape index (κ2) is 7.12. The minimum atomic E-state index is -0.463. The molecule has 0 bridgehead atoms. The highest BCUT2D eigenvalue weighted by atomic mass is 16.6. The zero-order valence-electron chi connectivity index (χ0n) is 13.5. The molecule has 2 amide bonds. The second-order valence-corrected chi connectivity index (χ2v) is 5.80.